The fourth-order valence-corrected chi connectivity index (χ4v) is 3.01. The van der Waals surface area contributed by atoms with E-state index >= 15 is 0 Å². The molecule has 0 aliphatic heterocycles. The molecule has 0 aliphatic carbocycles. The number of hydrogen-bond donors (Lipinski definition) is 1. The number of rotatable bonds is 30. The van der Waals surface area contributed by atoms with Crippen LogP contribution in [0.2, 0.25) is 0 Å². The lowest BCUT2D eigenvalue weighted by Gasteiger charge is -2.09. The van der Waals surface area contributed by atoms with Crippen molar-refractivity contribution in [3.8, 4) is 5.75 Å². The van der Waals surface area contributed by atoms with E-state index < -0.39 is 5.97 Å². The van der Waals surface area contributed by atoms with Crippen LogP contribution in [0.3, 0.4) is 0 Å². The lowest BCUT2D eigenvalue weighted by Crippen LogP contribution is -2.15. The third-order valence-electron chi connectivity index (χ3n) is 5.08. The number of nitrogens with one attached hydrogen (secondary N) is 1. The zero-order valence-electron chi connectivity index (χ0n) is 25.6. The van der Waals surface area contributed by atoms with Gasteiger partial charge in [0.25, 0.3) is 0 Å². The summed E-state index contributed by atoms with van der Waals surface area (Å²) in [6, 6.07) is 7.16. The molecule has 0 fully saturated rings. The first-order chi connectivity index (χ1) is 21.0. The first-order valence-corrected chi connectivity index (χ1v) is 14.4. The van der Waals surface area contributed by atoms with Gasteiger partial charge in [-0.2, -0.15) is 0 Å². The summed E-state index contributed by atoms with van der Waals surface area (Å²) < 4.78 is 53.9. The molecule has 0 bridgehead atoms. The van der Waals surface area contributed by atoms with Crippen LogP contribution >= 0.6 is 0 Å². The summed E-state index contributed by atoms with van der Waals surface area (Å²) in [5.41, 5.74) is 1.10. The van der Waals surface area contributed by atoms with Gasteiger partial charge in [-0.05, 0) is 31.2 Å². The minimum Gasteiger partial charge on any atom is -0.491 e. The summed E-state index contributed by atoms with van der Waals surface area (Å²) in [7, 11) is 0. The molecule has 0 heterocycles. The maximum absolute atomic E-state index is 11.2. The predicted molar refractivity (Wildman–Crippen MR) is 159 cm³/mol. The van der Waals surface area contributed by atoms with Crippen molar-refractivity contribution in [2.24, 2.45) is 0 Å². The summed E-state index contributed by atoms with van der Waals surface area (Å²) in [6.45, 7) is 14.6. The van der Waals surface area contributed by atoms with Crippen LogP contribution in [0.15, 0.2) is 36.4 Å². The zero-order chi connectivity index (χ0) is 31.2. The molecule has 246 valence electrons. The summed E-state index contributed by atoms with van der Waals surface area (Å²) in [4.78, 5) is 22.2. The molecule has 13 heteroatoms. The van der Waals surface area contributed by atoms with Crippen molar-refractivity contribution in [3.63, 3.8) is 0 Å². The third kappa shape index (κ3) is 25.6. The molecule has 0 radical (unpaired) electrons. The van der Waals surface area contributed by atoms with E-state index in [9.17, 15) is 9.59 Å². The van der Waals surface area contributed by atoms with Crippen LogP contribution in [0.1, 0.15) is 13.8 Å². The molecule has 1 amide bonds. The van der Waals surface area contributed by atoms with Gasteiger partial charge in [0.15, 0.2) is 0 Å². The highest BCUT2D eigenvalue weighted by Gasteiger charge is 2.02. The molecule has 0 aromatic heterocycles. The molecule has 1 rings (SSSR count). The highest BCUT2D eigenvalue weighted by Crippen LogP contribution is 2.15. The Morgan fingerprint density at radius 1 is 0.535 bits per heavy atom. The second-order valence-corrected chi connectivity index (χ2v) is 8.87. The molecule has 43 heavy (non-hydrogen) atoms. The Kier molecular flexibility index (Phi) is 25.2. The van der Waals surface area contributed by atoms with Gasteiger partial charge in [-0.15, -0.1) is 0 Å². The maximum Gasteiger partial charge on any atom is 0.333 e. The average Bonchev–Trinajstić information content (AvgIpc) is 2.98. The first kappa shape index (κ1) is 38.4. The van der Waals surface area contributed by atoms with Crippen molar-refractivity contribution in [3.05, 3.63) is 36.4 Å². The second kappa shape index (κ2) is 28.2. The molecule has 0 saturated heterocycles. The third-order valence-corrected chi connectivity index (χ3v) is 5.08. The van der Waals surface area contributed by atoms with Gasteiger partial charge < -0.3 is 52.7 Å². The Hall–Kier alpha value is -2.62. The molecule has 0 spiro atoms. The molecular weight excluding hydrogens is 566 g/mol. The molecule has 1 aromatic rings. The Morgan fingerprint density at radius 2 is 0.860 bits per heavy atom. The summed E-state index contributed by atoms with van der Waals surface area (Å²) in [6.07, 6.45) is 0. The topological polar surface area (TPSA) is 138 Å². The number of anilines is 1. The molecule has 1 aromatic carbocycles. The standard InChI is InChI=1S/C30H49NO12/c1-26(2)30(33)43-25-23-41-21-19-39-17-15-37-13-11-35-9-8-34-10-12-36-14-16-38-18-20-40-22-24-42-29-6-4-28(5-7-29)31-27(3)32/h4-7H,1,8-25H2,2-3H3,(H,31,32). The van der Waals surface area contributed by atoms with Crippen molar-refractivity contribution in [1.82, 2.24) is 0 Å². The van der Waals surface area contributed by atoms with Gasteiger partial charge in [-0.3, -0.25) is 4.79 Å². The summed E-state index contributed by atoms with van der Waals surface area (Å²) in [5, 5.41) is 2.70. The monoisotopic (exact) mass is 615 g/mol. The Bertz CT molecular complexity index is 837. The summed E-state index contributed by atoms with van der Waals surface area (Å²) in [5.74, 6) is 0.186. The van der Waals surface area contributed by atoms with Crippen LogP contribution in [0, 0.1) is 0 Å². The molecule has 0 aliphatic rings. The van der Waals surface area contributed by atoms with E-state index in [0.717, 1.165) is 5.69 Å². The number of carbonyl (C=O) groups is 2. The van der Waals surface area contributed by atoms with Gasteiger partial charge >= 0.3 is 5.97 Å². The highest BCUT2D eigenvalue weighted by molar-refractivity contribution is 5.88. The van der Waals surface area contributed by atoms with Crippen LogP contribution in [-0.2, 0) is 52.2 Å². The normalized spacial score (nSPS) is 10.9. The van der Waals surface area contributed by atoms with Gasteiger partial charge in [0.1, 0.15) is 19.0 Å². The van der Waals surface area contributed by atoms with Gasteiger partial charge in [0, 0.05) is 18.2 Å². The molecular formula is C30H49NO12. The van der Waals surface area contributed by atoms with Gasteiger partial charge in [0.2, 0.25) is 5.91 Å². The second-order valence-electron chi connectivity index (χ2n) is 8.87. The van der Waals surface area contributed by atoms with E-state index in [1.54, 1.807) is 31.2 Å². The van der Waals surface area contributed by atoms with E-state index in [-0.39, 0.29) is 12.5 Å². The largest absolute Gasteiger partial charge is 0.491 e. The smallest absolute Gasteiger partial charge is 0.333 e. The van der Waals surface area contributed by atoms with Crippen LogP contribution in [0.4, 0.5) is 5.69 Å². The summed E-state index contributed by atoms with van der Waals surface area (Å²) >= 11 is 0. The molecule has 0 atom stereocenters. The van der Waals surface area contributed by atoms with Crippen molar-refractivity contribution < 1.29 is 57.0 Å². The minimum absolute atomic E-state index is 0.111. The van der Waals surface area contributed by atoms with Gasteiger partial charge in [0.05, 0.1) is 106 Å². The number of hydrogen-bond acceptors (Lipinski definition) is 12. The predicted octanol–water partition coefficient (Wildman–Crippen LogP) is 2.28. The van der Waals surface area contributed by atoms with E-state index in [1.807, 2.05) is 0 Å². The molecule has 0 saturated carbocycles. The number of amides is 1. The number of carbonyl (C=O) groups excluding carboxylic acids is 2. The molecule has 1 N–H and O–H groups in total. The van der Waals surface area contributed by atoms with Crippen molar-refractivity contribution >= 4 is 17.6 Å². The van der Waals surface area contributed by atoms with Crippen molar-refractivity contribution in [2.75, 3.05) is 124 Å². The first-order valence-electron chi connectivity index (χ1n) is 14.4. The average molecular weight is 616 g/mol. The lowest BCUT2D eigenvalue weighted by atomic mass is 10.3. The van der Waals surface area contributed by atoms with E-state index in [0.29, 0.717) is 124 Å². The maximum atomic E-state index is 11.2. The van der Waals surface area contributed by atoms with Crippen LogP contribution in [-0.4, -0.2) is 131 Å². The van der Waals surface area contributed by atoms with Crippen LogP contribution in [0.25, 0.3) is 0 Å². The quantitative estimate of drug-likeness (QED) is 0.0772. The van der Waals surface area contributed by atoms with Gasteiger partial charge in [-0.1, -0.05) is 6.58 Å². The minimum atomic E-state index is -0.415. The fraction of sp³-hybridized carbons (Fsp3) is 0.667. The molecule has 0 unspecified atom stereocenters. The van der Waals surface area contributed by atoms with Crippen LogP contribution < -0.4 is 10.1 Å². The Labute approximate surface area is 255 Å². The van der Waals surface area contributed by atoms with Crippen LogP contribution in [0.5, 0.6) is 5.75 Å². The SMILES string of the molecule is C=C(C)C(=O)OCCOCCOCCOCCOCCOCCOCCOCCOCCOc1ccc(NC(C)=O)cc1. The van der Waals surface area contributed by atoms with Gasteiger partial charge in [-0.25, -0.2) is 4.79 Å². The van der Waals surface area contributed by atoms with E-state index in [4.69, 9.17) is 47.4 Å². The number of esters is 1. The zero-order valence-corrected chi connectivity index (χ0v) is 25.6. The van der Waals surface area contributed by atoms with Crippen molar-refractivity contribution in [1.29, 1.82) is 0 Å². The van der Waals surface area contributed by atoms with E-state index in [2.05, 4.69) is 11.9 Å². The Balaban J connectivity index is 1.69. The number of benzene rings is 1. The van der Waals surface area contributed by atoms with Crippen molar-refractivity contribution in [2.45, 2.75) is 13.8 Å². The lowest BCUT2D eigenvalue weighted by molar-refractivity contribution is -0.140. The Morgan fingerprint density at radius 3 is 1.19 bits per heavy atom. The fourth-order valence-electron chi connectivity index (χ4n) is 3.01. The highest BCUT2D eigenvalue weighted by atomic mass is 16.6. The van der Waals surface area contributed by atoms with E-state index in [1.165, 1.54) is 6.92 Å². The molecule has 13 nitrogen and oxygen atoms in total. The number of ether oxygens (including phenoxy) is 10.